The number of hydrogen-bond donors (Lipinski definition) is 1. The average molecular weight is 421 g/mol. The Bertz CT molecular complexity index is 1010. The SMILES string of the molecule is CCOc1ccc(N(CCC#N)C(=O)COC(=O)c2ccc(S(N)(=O)=O)o2)cc1. The lowest BCUT2D eigenvalue weighted by Gasteiger charge is -2.21. The molecule has 0 spiro atoms. The number of ether oxygens (including phenoxy) is 2. The second-order valence-corrected chi connectivity index (χ2v) is 7.11. The summed E-state index contributed by atoms with van der Waals surface area (Å²) in [6.07, 6.45) is 0.0722. The molecule has 1 aromatic carbocycles. The molecule has 0 saturated heterocycles. The van der Waals surface area contributed by atoms with Crippen LogP contribution in [0.5, 0.6) is 5.75 Å². The Balaban J connectivity index is 2.06. The molecule has 2 N–H and O–H groups in total. The summed E-state index contributed by atoms with van der Waals surface area (Å²) in [6.45, 7) is 1.79. The van der Waals surface area contributed by atoms with Crippen LogP contribution in [-0.2, 0) is 19.6 Å². The molecule has 0 atom stereocenters. The van der Waals surface area contributed by atoms with Crippen molar-refractivity contribution in [2.75, 3.05) is 24.7 Å². The molecule has 0 aliphatic rings. The third kappa shape index (κ3) is 6.06. The van der Waals surface area contributed by atoms with Crippen molar-refractivity contribution in [1.82, 2.24) is 0 Å². The van der Waals surface area contributed by atoms with E-state index >= 15 is 0 Å². The van der Waals surface area contributed by atoms with E-state index in [1.54, 1.807) is 24.3 Å². The molecule has 0 saturated carbocycles. The minimum absolute atomic E-state index is 0.0722. The quantitative estimate of drug-likeness (QED) is 0.597. The molecular formula is C18H19N3O7S. The van der Waals surface area contributed by atoms with Gasteiger partial charge in [-0.3, -0.25) is 4.79 Å². The molecule has 0 unspecified atom stereocenters. The summed E-state index contributed by atoms with van der Waals surface area (Å²) in [5, 5.41) is 13.1. The van der Waals surface area contributed by atoms with Gasteiger partial charge in [0.1, 0.15) is 5.75 Å². The van der Waals surface area contributed by atoms with Gasteiger partial charge < -0.3 is 18.8 Å². The molecule has 29 heavy (non-hydrogen) atoms. The molecule has 1 aromatic heterocycles. The van der Waals surface area contributed by atoms with Gasteiger partial charge in [0, 0.05) is 12.2 Å². The fraction of sp³-hybridized carbons (Fsp3) is 0.278. The van der Waals surface area contributed by atoms with E-state index in [9.17, 15) is 18.0 Å². The highest BCUT2D eigenvalue weighted by molar-refractivity contribution is 7.89. The molecular weight excluding hydrogens is 402 g/mol. The lowest BCUT2D eigenvalue weighted by atomic mass is 10.2. The molecule has 0 radical (unpaired) electrons. The fourth-order valence-electron chi connectivity index (χ4n) is 2.31. The predicted molar refractivity (Wildman–Crippen MR) is 101 cm³/mol. The van der Waals surface area contributed by atoms with Crippen molar-refractivity contribution >= 4 is 27.6 Å². The van der Waals surface area contributed by atoms with Crippen molar-refractivity contribution in [2.45, 2.75) is 18.4 Å². The number of anilines is 1. The van der Waals surface area contributed by atoms with E-state index in [2.05, 4.69) is 0 Å². The first kappa shape index (κ1) is 21.9. The maximum atomic E-state index is 12.5. The number of primary sulfonamides is 1. The standard InChI is InChI=1S/C18H19N3O7S/c1-2-26-14-6-4-13(5-7-14)21(11-3-10-19)16(22)12-27-18(23)15-8-9-17(28-15)29(20,24)25/h4-9H,2-3,11-12H2,1H3,(H2,20,24,25). The van der Waals surface area contributed by atoms with Crippen molar-refractivity contribution < 1.29 is 31.9 Å². The number of furan rings is 1. The van der Waals surface area contributed by atoms with E-state index in [1.807, 2.05) is 13.0 Å². The lowest BCUT2D eigenvalue weighted by Crippen LogP contribution is -2.35. The average Bonchev–Trinajstić information content (AvgIpc) is 3.18. The van der Waals surface area contributed by atoms with E-state index in [0.717, 1.165) is 12.1 Å². The first-order valence-electron chi connectivity index (χ1n) is 8.46. The number of hydrogen-bond acceptors (Lipinski definition) is 8. The number of nitrogens with two attached hydrogens (primary N) is 1. The summed E-state index contributed by atoms with van der Waals surface area (Å²) in [7, 11) is -4.10. The number of esters is 1. The van der Waals surface area contributed by atoms with Crippen LogP contribution in [0.2, 0.25) is 0 Å². The van der Waals surface area contributed by atoms with Crippen LogP contribution in [0.25, 0.3) is 0 Å². The second-order valence-electron chi connectivity index (χ2n) is 5.62. The van der Waals surface area contributed by atoms with Gasteiger partial charge in [0.15, 0.2) is 6.61 Å². The van der Waals surface area contributed by atoms with Gasteiger partial charge in [-0.1, -0.05) is 0 Å². The highest BCUT2D eigenvalue weighted by Gasteiger charge is 2.21. The number of sulfonamides is 1. The van der Waals surface area contributed by atoms with E-state index in [0.29, 0.717) is 18.0 Å². The Kier molecular flexibility index (Phi) is 7.35. The largest absolute Gasteiger partial charge is 0.494 e. The zero-order chi connectivity index (χ0) is 21.4. The summed E-state index contributed by atoms with van der Waals surface area (Å²) in [6, 6.07) is 10.7. The highest BCUT2D eigenvalue weighted by atomic mass is 32.2. The molecule has 0 aliphatic heterocycles. The lowest BCUT2D eigenvalue weighted by molar-refractivity contribution is -0.121. The molecule has 0 aliphatic carbocycles. The van der Waals surface area contributed by atoms with Crippen LogP contribution < -0.4 is 14.8 Å². The molecule has 11 heteroatoms. The fourth-order valence-corrected chi connectivity index (χ4v) is 2.77. The Labute approximate surface area is 167 Å². The Hall–Kier alpha value is -3.36. The normalized spacial score (nSPS) is 10.8. The monoisotopic (exact) mass is 421 g/mol. The zero-order valence-electron chi connectivity index (χ0n) is 15.5. The van der Waals surface area contributed by atoms with Gasteiger partial charge in [-0.15, -0.1) is 0 Å². The number of nitriles is 1. The van der Waals surface area contributed by atoms with Crippen molar-refractivity contribution in [3.8, 4) is 11.8 Å². The Morgan fingerprint density at radius 2 is 1.90 bits per heavy atom. The van der Waals surface area contributed by atoms with Gasteiger partial charge in [-0.05, 0) is 43.3 Å². The summed E-state index contributed by atoms with van der Waals surface area (Å²) in [5.74, 6) is -1.39. The Morgan fingerprint density at radius 1 is 1.21 bits per heavy atom. The first-order valence-corrected chi connectivity index (χ1v) is 10.0. The molecule has 1 heterocycles. The van der Waals surface area contributed by atoms with Crippen LogP contribution in [0.3, 0.4) is 0 Å². The van der Waals surface area contributed by atoms with Crippen molar-refractivity contribution in [1.29, 1.82) is 5.26 Å². The van der Waals surface area contributed by atoms with E-state index in [4.69, 9.17) is 24.3 Å². The minimum atomic E-state index is -4.10. The summed E-state index contributed by atoms with van der Waals surface area (Å²) in [4.78, 5) is 25.8. The second kappa shape index (κ2) is 9.72. The maximum Gasteiger partial charge on any atom is 0.374 e. The number of carbonyl (C=O) groups excluding carboxylic acids is 2. The van der Waals surface area contributed by atoms with Gasteiger partial charge in [-0.2, -0.15) is 5.26 Å². The van der Waals surface area contributed by atoms with Gasteiger partial charge in [0.25, 0.3) is 15.9 Å². The van der Waals surface area contributed by atoms with Crippen molar-refractivity contribution in [3.63, 3.8) is 0 Å². The van der Waals surface area contributed by atoms with Crippen LogP contribution in [0.1, 0.15) is 23.9 Å². The summed E-state index contributed by atoms with van der Waals surface area (Å²) in [5.41, 5.74) is 0.499. The number of rotatable bonds is 9. The number of carbonyl (C=O) groups is 2. The van der Waals surface area contributed by atoms with E-state index in [1.165, 1.54) is 4.90 Å². The topological polar surface area (TPSA) is 153 Å². The van der Waals surface area contributed by atoms with Gasteiger partial charge in [0.2, 0.25) is 10.9 Å². The molecule has 0 fully saturated rings. The van der Waals surface area contributed by atoms with Crippen LogP contribution in [0.4, 0.5) is 5.69 Å². The molecule has 1 amide bonds. The first-order chi connectivity index (χ1) is 13.8. The third-order valence-corrected chi connectivity index (χ3v) is 4.38. The van der Waals surface area contributed by atoms with Crippen LogP contribution in [-0.4, -0.2) is 40.1 Å². The van der Waals surface area contributed by atoms with Crippen molar-refractivity contribution in [2.24, 2.45) is 5.14 Å². The van der Waals surface area contributed by atoms with Crippen LogP contribution in [0, 0.1) is 11.3 Å². The van der Waals surface area contributed by atoms with Gasteiger partial charge >= 0.3 is 5.97 Å². The van der Waals surface area contributed by atoms with Crippen molar-refractivity contribution in [3.05, 3.63) is 42.2 Å². The molecule has 0 bridgehead atoms. The number of nitrogens with zero attached hydrogens (tertiary/aromatic N) is 2. The summed E-state index contributed by atoms with van der Waals surface area (Å²) >= 11 is 0. The third-order valence-electron chi connectivity index (χ3n) is 3.60. The van der Waals surface area contributed by atoms with Gasteiger partial charge in [0.05, 0.1) is 19.1 Å². The highest BCUT2D eigenvalue weighted by Crippen LogP contribution is 2.20. The predicted octanol–water partition coefficient (Wildman–Crippen LogP) is 1.43. The maximum absolute atomic E-state index is 12.5. The zero-order valence-corrected chi connectivity index (χ0v) is 16.3. The van der Waals surface area contributed by atoms with Crippen LogP contribution >= 0.6 is 0 Å². The summed E-state index contributed by atoms with van der Waals surface area (Å²) < 4.78 is 37.4. The molecule has 10 nitrogen and oxygen atoms in total. The molecule has 154 valence electrons. The number of benzene rings is 1. The minimum Gasteiger partial charge on any atom is -0.494 e. The molecule has 2 rings (SSSR count). The van der Waals surface area contributed by atoms with E-state index < -0.39 is 39.4 Å². The Morgan fingerprint density at radius 3 is 2.45 bits per heavy atom. The molecule has 2 aromatic rings. The van der Waals surface area contributed by atoms with Crippen LogP contribution in [0.15, 0.2) is 45.9 Å². The number of amides is 1. The smallest absolute Gasteiger partial charge is 0.374 e. The van der Waals surface area contributed by atoms with E-state index in [-0.39, 0.29) is 13.0 Å². The van der Waals surface area contributed by atoms with Gasteiger partial charge in [-0.25, -0.2) is 18.4 Å².